The highest BCUT2D eigenvalue weighted by Gasteiger charge is 2.24. The average Bonchev–Trinajstić information content (AvgIpc) is 2.97. The molecule has 1 atom stereocenters. The molecule has 0 aromatic heterocycles. The van der Waals surface area contributed by atoms with Crippen LogP contribution in [0.4, 0.5) is 0 Å². The lowest BCUT2D eigenvalue weighted by Crippen LogP contribution is -2.24. The van der Waals surface area contributed by atoms with Crippen LogP contribution in [0.15, 0.2) is 29.2 Å². The number of hydrogen-bond donors (Lipinski definition) is 1. The molecule has 1 aliphatic heterocycles. The van der Waals surface area contributed by atoms with Gasteiger partial charge in [0.2, 0.25) is 10.0 Å². The van der Waals surface area contributed by atoms with E-state index in [4.69, 9.17) is 19.3 Å². The third kappa shape index (κ3) is 4.69. The molecule has 21 heavy (non-hydrogen) atoms. The zero-order valence-corrected chi connectivity index (χ0v) is 12.2. The van der Waals surface area contributed by atoms with E-state index in [2.05, 4.69) is 0 Å². The smallest absolute Gasteiger partial charge is 0.335 e. The Labute approximate surface area is 123 Å². The predicted octanol–water partition coefficient (Wildman–Crippen LogP) is 0.435. The standard InChI is InChI=1S/C13H17NO6S/c14-21(16,17)11-5-3-10(4-6-11)18-8-9-20-13(15)12-2-1-7-19-12/h3-6,12H,1-2,7-9H2,(H2,14,16,17). The van der Waals surface area contributed by atoms with Gasteiger partial charge in [0, 0.05) is 6.61 Å². The van der Waals surface area contributed by atoms with Gasteiger partial charge in [0.15, 0.2) is 6.10 Å². The van der Waals surface area contributed by atoms with Crippen LogP contribution in [0.25, 0.3) is 0 Å². The number of esters is 1. The summed E-state index contributed by atoms with van der Waals surface area (Å²) in [5.74, 6) is 0.0937. The van der Waals surface area contributed by atoms with E-state index in [0.29, 0.717) is 18.8 Å². The first kappa shape index (κ1) is 15.7. The van der Waals surface area contributed by atoms with Crippen molar-refractivity contribution in [2.24, 2.45) is 5.14 Å². The summed E-state index contributed by atoms with van der Waals surface area (Å²) in [5.41, 5.74) is 0. The second kappa shape index (κ2) is 6.88. The Hall–Kier alpha value is -1.64. The van der Waals surface area contributed by atoms with Crippen molar-refractivity contribution in [3.05, 3.63) is 24.3 Å². The maximum Gasteiger partial charge on any atom is 0.335 e. The van der Waals surface area contributed by atoms with Crippen molar-refractivity contribution in [2.45, 2.75) is 23.8 Å². The van der Waals surface area contributed by atoms with Gasteiger partial charge in [-0.1, -0.05) is 0 Å². The van der Waals surface area contributed by atoms with Gasteiger partial charge in [-0.2, -0.15) is 0 Å². The summed E-state index contributed by atoms with van der Waals surface area (Å²) in [4.78, 5) is 11.5. The molecule has 2 N–H and O–H groups in total. The van der Waals surface area contributed by atoms with E-state index < -0.39 is 16.1 Å². The number of nitrogens with two attached hydrogens (primary N) is 1. The molecular formula is C13H17NO6S. The number of ether oxygens (including phenoxy) is 3. The molecule has 0 radical (unpaired) electrons. The molecule has 1 aromatic rings. The molecule has 0 aliphatic carbocycles. The van der Waals surface area contributed by atoms with Gasteiger partial charge >= 0.3 is 5.97 Å². The number of benzene rings is 1. The quantitative estimate of drug-likeness (QED) is 0.603. The van der Waals surface area contributed by atoms with Crippen molar-refractivity contribution < 1.29 is 27.4 Å². The predicted molar refractivity (Wildman–Crippen MR) is 73.2 cm³/mol. The van der Waals surface area contributed by atoms with Crippen molar-refractivity contribution in [2.75, 3.05) is 19.8 Å². The summed E-state index contributed by atoms with van der Waals surface area (Å²) in [6, 6.07) is 5.68. The fourth-order valence-corrected chi connectivity index (χ4v) is 2.40. The Bertz CT molecular complexity index is 577. The maximum absolute atomic E-state index is 11.5. The van der Waals surface area contributed by atoms with Crippen LogP contribution in [0.3, 0.4) is 0 Å². The summed E-state index contributed by atoms with van der Waals surface area (Å²) in [6.45, 7) is 0.871. The normalized spacial score (nSPS) is 18.4. The maximum atomic E-state index is 11.5. The zero-order valence-electron chi connectivity index (χ0n) is 11.4. The first-order valence-corrected chi connectivity index (χ1v) is 8.05. The number of rotatable bonds is 6. The second-order valence-corrected chi connectivity index (χ2v) is 6.10. The van der Waals surface area contributed by atoms with Crippen LogP contribution < -0.4 is 9.88 Å². The van der Waals surface area contributed by atoms with E-state index in [1.165, 1.54) is 24.3 Å². The molecule has 1 aromatic carbocycles. The lowest BCUT2D eigenvalue weighted by Gasteiger charge is -2.10. The third-order valence-electron chi connectivity index (χ3n) is 2.94. The van der Waals surface area contributed by atoms with Crippen molar-refractivity contribution >= 4 is 16.0 Å². The summed E-state index contributed by atoms with van der Waals surface area (Å²) in [6.07, 6.45) is 1.10. The van der Waals surface area contributed by atoms with Gasteiger partial charge in [-0.15, -0.1) is 0 Å². The highest BCUT2D eigenvalue weighted by Crippen LogP contribution is 2.15. The monoisotopic (exact) mass is 315 g/mol. The van der Waals surface area contributed by atoms with E-state index in [-0.39, 0.29) is 24.1 Å². The van der Waals surface area contributed by atoms with Crippen LogP contribution >= 0.6 is 0 Å². The Kier molecular flexibility index (Phi) is 5.16. The number of primary sulfonamides is 1. The highest BCUT2D eigenvalue weighted by molar-refractivity contribution is 7.89. The molecule has 1 fully saturated rings. The Balaban J connectivity index is 1.72. The number of carbonyl (C=O) groups excluding carboxylic acids is 1. The molecule has 0 saturated carbocycles. The van der Waals surface area contributed by atoms with Gasteiger partial charge in [0.25, 0.3) is 0 Å². The molecule has 7 nitrogen and oxygen atoms in total. The molecule has 0 spiro atoms. The van der Waals surface area contributed by atoms with Gasteiger partial charge in [0.1, 0.15) is 19.0 Å². The van der Waals surface area contributed by atoms with Crippen LogP contribution in [0, 0.1) is 0 Å². The van der Waals surface area contributed by atoms with E-state index in [9.17, 15) is 13.2 Å². The van der Waals surface area contributed by atoms with Crippen LogP contribution in [0.5, 0.6) is 5.75 Å². The number of carbonyl (C=O) groups is 1. The summed E-state index contributed by atoms with van der Waals surface area (Å²) in [7, 11) is -3.70. The average molecular weight is 315 g/mol. The molecule has 0 bridgehead atoms. The molecule has 1 unspecified atom stereocenters. The van der Waals surface area contributed by atoms with Gasteiger partial charge in [-0.25, -0.2) is 18.4 Å². The van der Waals surface area contributed by atoms with Crippen LogP contribution in [0.2, 0.25) is 0 Å². The van der Waals surface area contributed by atoms with Gasteiger partial charge in [0.05, 0.1) is 4.90 Å². The highest BCUT2D eigenvalue weighted by atomic mass is 32.2. The van der Waals surface area contributed by atoms with Gasteiger partial charge < -0.3 is 14.2 Å². The summed E-state index contributed by atoms with van der Waals surface area (Å²) in [5, 5.41) is 4.98. The minimum absolute atomic E-state index is 0.0136. The van der Waals surface area contributed by atoms with Crippen LogP contribution in [-0.2, 0) is 24.3 Å². The second-order valence-electron chi connectivity index (χ2n) is 4.53. The minimum atomic E-state index is -3.70. The SMILES string of the molecule is NS(=O)(=O)c1ccc(OCCOC(=O)C2CCCO2)cc1. The number of sulfonamides is 1. The van der Waals surface area contributed by atoms with Crippen LogP contribution in [0.1, 0.15) is 12.8 Å². The fourth-order valence-electron chi connectivity index (χ4n) is 1.88. The largest absolute Gasteiger partial charge is 0.490 e. The Morgan fingerprint density at radius 2 is 2.00 bits per heavy atom. The van der Waals surface area contributed by atoms with Gasteiger partial charge in [-0.3, -0.25) is 0 Å². The molecule has 1 heterocycles. The van der Waals surface area contributed by atoms with Crippen molar-refractivity contribution in [3.8, 4) is 5.75 Å². The molecule has 1 aliphatic rings. The molecule has 0 amide bonds. The molecule has 1 saturated heterocycles. The first-order chi connectivity index (χ1) is 9.97. The fraction of sp³-hybridized carbons (Fsp3) is 0.462. The third-order valence-corrected chi connectivity index (χ3v) is 3.87. The summed E-state index contributed by atoms with van der Waals surface area (Å²) >= 11 is 0. The zero-order chi connectivity index (χ0) is 15.3. The molecule has 2 rings (SSSR count). The van der Waals surface area contributed by atoms with Gasteiger partial charge in [-0.05, 0) is 37.1 Å². The van der Waals surface area contributed by atoms with Crippen LogP contribution in [-0.4, -0.2) is 40.3 Å². The topological polar surface area (TPSA) is 105 Å². The number of hydrogen-bond acceptors (Lipinski definition) is 6. The van der Waals surface area contributed by atoms with Crippen molar-refractivity contribution in [1.29, 1.82) is 0 Å². The molecule has 116 valence electrons. The molecule has 8 heteroatoms. The van der Waals surface area contributed by atoms with E-state index in [1.54, 1.807) is 0 Å². The summed E-state index contributed by atoms with van der Waals surface area (Å²) < 4.78 is 37.7. The van der Waals surface area contributed by atoms with E-state index in [0.717, 1.165) is 6.42 Å². The lowest BCUT2D eigenvalue weighted by molar-refractivity contribution is -0.154. The van der Waals surface area contributed by atoms with Crippen molar-refractivity contribution in [3.63, 3.8) is 0 Å². The van der Waals surface area contributed by atoms with E-state index >= 15 is 0 Å². The van der Waals surface area contributed by atoms with Crippen molar-refractivity contribution in [1.82, 2.24) is 0 Å². The Morgan fingerprint density at radius 1 is 1.29 bits per heavy atom. The minimum Gasteiger partial charge on any atom is -0.490 e. The first-order valence-electron chi connectivity index (χ1n) is 6.51. The van der Waals surface area contributed by atoms with E-state index in [1.807, 2.05) is 0 Å². The Morgan fingerprint density at radius 3 is 2.57 bits per heavy atom. The molecular weight excluding hydrogens is 298 g/mol. The lowest BCUT2D eigenvalue weighted by atomic mass is 10.2.